The molecule has 0 saturated carbocycles. The molecule has 2 N–H and O–H groups in total. The predicted octanol–water partition coefficient (Wildman–Crippen LogP) is 1.44. The largest absolute Gasteiger partial charge is 0.370 e. The van der Waals surface area contributed by atoms with Crippen LogP contribution < -0.4 is 10.6 Å². The molecular weight excluding hydrogens is 219 g/mol. The van der Waals surface area contributed by atoms with E-state index in [1.165, 1.54) is 24.3 Å². The summed E-state index contributed by atoms with van der Waals surface area (Å²) in [6.07, 6.45) is 4.63. The van der Waals surface area contributed by atoms with Gasteiger partial charge in [0.2, 0.25) is 0 Å². The molecule has 0 aromatic heterocycles. The fourth-order valence-corrected chi connectivity index (χ4v) is 1.50. The number of carbonyl (C=O) groups excluding carboxylic acids is 1. The standard InChI is InChI=1S/C13H13FN2O/c14-11-4-1-10(2-5-11)3-6-12(17)9-13-15-7-8-16-13/h1-6,9,15-16H,7-8H2/b6-3+. The lowest BCUT2D eigenvalue weighted by Crippen LogP contribution is -2.11. The Morgan fingerprint density at radius 1 is 1.18 bits per heavy atom. The average Bonchev–Trinajstić information content (AvgIpc) is 2.81. The highest BCUT2D eigenvalue weighted by Gasteiger charge is 2.04. The lowest BCUT2D eigenvalue weighted by molar-refractivity contribution is -0.110. The average molecular weight is 232 g/mol. The van der Waals surface area contributed by atoms with Crippen molar-refractivity contribution < 1.29 is 9.18 Å². The third kappa shape index (κ3) is 3.45. The van der Waals surface area contributed by atoms with Gasteiger partial charge in [0.1, 0.15) is 11.6 Å². The van der Waals surface area contributed by atoms with Crippen molar-refractivity contribution in [1.29, 1.82) is 0 Å². The maximum atomic E-state index is 12.6. The van der Waals surface area contributed by atoms with Crippen molar-refractivity contribution in [2.75, 3.05) is 13.1 Å². The Balaban J connectivity index is 1.98. The number of benzene rings is 1. The van der Waals surface area contributed by atoms with Gasteiger partial charge >= 0.3 is 0 Å². The summed E-state index contributed by atoms with van der Waals surface area (Å²) in [6.45, 7) is 1.67. The highest BCUT2D eigenvalue weighted by atomic mass is 19.1. The first-order valence-corrected chi connectivity index (χ1v) is 5.41. The van der Waals surface area contributed by atoms with Crippen LogP contribution in [-0.4, -0.2) is 18.9 Å². The van der Waals surface area contributed by atoms with Crippen molar-refractivity contribution in [1.82, 2.24) is 10.6 Å². The van der Waals surface area contributed by atoms with Crippen molar-refractivity contribution in [2.24, 2.45) is 0 Å². The second-order valence-corrected chi connectivity index (χ2v) is 3.70. The summed E-state index contributed by atoms with van der Waals surface area (Å²) < 4.78 is 12.6. The van der Waals surface area contributed by atoms with Crippen LogP contribution in [0.25, 0.3) is 6.08 Å². The molecule has 0 spiro atoms. The Morgan fingerprint density at radius 3 is 2.47 bits per heavy atom. The number of allylic oxidation sites excluding steroid dienone is 2. The summed E-state index contributed by atoms with van der Waals surface area (Å²) >= 11 is 0. The Hall–Kier alpha value is -2.10. The molecule has 0 amide bonds. The molecule has 0 atom stereocenters. The minimum Gasteiger partial charge on any atom is -0.370 e. The van der Waals surface area contributed by atoms with Crippen molar-refractivity contribution in [3.63, 3.8) is 0 Å². The maximum Gasteiger partial charge on any atom is 0.182 e. The Bertz CT molecular complexity index is 455. The van der Waals surface area contributed by atoms with Gasteiger partial charge < -0.3 is 10.6 Å². The van der Waals surface area contributed by atoms with E-state index in [0.717, 1.165) is 24.5 Å². The number of hydrogen-bond acceptors (Lipinski definition) is 3. The van der Waals surface area contributed by atoms with E-state index in [1.54, 1.807) is 18.2 Å². The van der Waals surface area contributed by atoms with Crippen molar-refractivity contribution in [3.8, 4) is 0 Å². The van der Waals surface area contributed by atoms with Crippen LogP contribution >= 0.6 is 0 Å². The van der Waals surface area contributed by atoms with Crippen LogP contribution in [0.5, 0.6) is 0 Å². The van der Waals surface area contributed by atoms with Gasteiger partial charge in [0.15, 0.2) is 5.78 Å². The van der Waals surface area contributed by atoms with Crippen molar-refractivity contribution in [2.45, 2.75) is 0 Å². The van der Waals surface area contributed by atoms with Crippen molar-refractivity contribution >= 4 is 11.9 Å². The molecule has 0 bridgehead atoms. The van der Waals surface area contributed by atoms with Gasteiger partial charge in [0.05, 0.1) is 0 Å². The van der Waals surface area contributed by atoms with Gasteiger partial charge in [0, 0.05) is 19.2 Å². The van der Waals surface area contributed by atoms with Crippen LogP contribution in [0.1, 0.15) is 5.56 Å². The minimum atomic E-state index is -0.282. The van der Waals surface area contributed by atoms with Gasteiger partial charge in [-0.25, -0.2) is 4.39 Å². The number of rotatable bonds is 3. The smallest absolute Gasteiger partial charge is 0.182 e. The number of ketones is 1. The number of halogens is 1. The summed E-state index contributed by atoms with van der Waals surface area (Å²) in [5, 5.41) is 6.08. The van der Waals surface area contributed by atoms with Crippen LogP contribution in [0.15, 0.2) is 42.2 Å². The Kier molecular flexibility index (Phi) is 3.55. The fraction of sp³-hybridized carbons (Fsp3) is 0.154. The molecule has 0 unspecified atom stereocenters. The molecule has 1 fully saturated rings. The summed E-state index contributed by atoms with van der Waals surface area (Å²) in [5.74, 6) is 0.361. The van der Waals surface area contributed by atoms with Crippen LogP contribution in [0, 0.1) is 5.82 Å². The third-order valence-corrected chi connectivity index (χ3v) is 2.35. The van der Waals surface area contributed by atoms with Gasteiger partial charge in [-0.2, -0.15) is 0 Å². The van der Waals surface area contributed by atoms with Gasteiger partial charge in [0.25, 0.3) is 0 Å². The van der Waals surface area contributed by atoms with Crippen LogP contribution in [0.4, 0.5) is 4.39 Å². The molecule has 1 aliphatic heterocycles. The highest BCUT2D eigenvalue weighted by molar-refractivity contribution is 6.02. The molecule has 0 radical (unpaired) electrons. The second kappa shape index (κ2) is 5.30. The molecule has 1 heterocycles. The molecular formula is C13H13FN2O. The summed E-state index contributed by atoms with van der Waals surface area (Å²) in [4.78, 5) is 11.5. The monoisotopic (exact) mass is 232 g/mol. The second-order valence-electron chi connectivity index (χ2n) is 3.70. The van der Waals surface area contributed by atoms with Crippen LogP contribution in [0.2, 0.25) is 0 Å². The zero-order valence-electron chi connectivity index (χ0n) is 9.24. The number of carbonyl (C=O) groups is 1. The van der Waals surface area contributed by atoms with E-state index in [0.29, 0.717) is 0 Å². The first kappa shape index (κ1) is 11.4. The zero-order valence-corrected chi connectivity index (χ0v) is 9.24. The fourth-order valence-electron chi connectivity index (χ4n) is 1.50. The summed E-state index contributed by atoms with van der Waals surface area (Å²) in [6, 6.07) is 5.97. The molecule has 3 nitrogen and oxygen atoms in total. The van der Waals surface area contributed by atoms with E-state index >= 15 is 0 Å². The van der Waals surface area contributed by atoms with Crippen molar-refractivity contribution in [3.05, 3.63) is 53.6 Å². The van der Waals surface area contributed by atoms with Gasteiger partial charge in [-0.1, -0.05) is 18.2 Å². The normalized spacial score (nSPS) is 14.5. The van der Waals surface area contributed by atoms with E-state index in [-0.39, 0.29) is 11.6 Å². The van der Waals surface area contributed by atoms with E-state index in [2.05, 4.69) is 10.6 Å². The quantitative estimate of drug-likeness (QED) is 0.775. The molecule has 88 valence electrons. The number of nitrogens with one attached hydrogen (secondary N) is 2. The lowest BCUT2D eigenvalue weighted by atomic mass is 10.2. The van der Waals surface area contributed by atoms with E-state index < -0.39 is 0 Å². The lowest BCUT2D eigenvalue weighted by Gasteiger charge is -1.96. The van der Waals surface area contributed by atoms with Gasteiger partial charge in [-0.05, 0) is 23.8 Å². The van der Waals surface area contributed by atoms with E-state index in [9.17, 15) is 9.18 Å². The Labute approximate surface area is 99.0 Å². The zero-order chi connectivity index (χ0) is 12.1. The van der Waals surface area contributed by atoms with E-state index in [1.807, 2.05) is 0 Å². The molecule has 17 heavy (non-hydrogen) atoms. The van der Waals surface area contributed by atoms with Crippen LogP contribution in [0.3, 0.4) is 0 Å². The predicted molar refractivity (Wildman–Crippen MR) is 64.5 cm³/mol. The molecule has 1 saturated heterocycles. The van der Waals surface area contributed by atoms with Gasteiger partial charge in [-0.15, -0.1) is 0 Å². The molecule has 1 aliphatic rings. The summed E-state index contributed by atoms with van der Waals surface area (Å²) in [7, 11) is 0. The minimum absolute atomic E-state index is 0.105. The molecule has 4 heteroatoms. The molecule has 0 aliphatic carbocycles. The SMILES string of the molecule is O=C(C=C1NCCN1)/C=C/c1ccc(F)cc1. The third-order valence-electron chi connectivity index (χ3n) is 2.35. The van der Waals surface area contributed by atoms with Crippen LogP contribution in [-0.2, 0) is 4.79 Å². The highest BCUT2D eigenvalue weighted by Crippen LogP contribution is 2.04. The first-order chi connectivity index (χ1) is 8.24. The van der Waals surface area contributed by atoms with E-state index in [4.69, 9.17) is 0 Å². The molecule has 1 aromatic carbocycles. The molecule has 1 aromatic rings. The molecule has 2 rings (SSSR count). The Morgan fingerprint density at radius 2 is 1.82 bits per heavy atom. The topological polar surface area (TPSA) is 41.1 Å². The first-order valence-electron chi connectivity index (χ1n) is 5.41. The summed E-state index contributed by atoms with van der Waals surface area (Å²) in [5.41, 5.74) is 0.797. The number of hydrogen-bond donors (Lipinski definition) is 2. The maximum absolute atomic E-state index is 12.6. The van der Waals surface area contributed by atoms with Gasteiger partial charge in [-0.3, -0.25) is 4.79 Å².